The number of amides is 1. The van der Waals surface area contributed by atoms with Crippen LogP contribution in [0.4, 0.5) is 0 Å². The third-order valence-electron chi connectivity index (χ3n) is 3.97. The van der Waals surface area contributed by atoms with E-state index >= 15 is 0 Å². The van der Waals surface area contributed by atoms with Crippen molar-refractivity contribution in [3.63, 3.8) is 0 Å². The Morgan fingerprint density at radius 1 is 1.50 bits per heavy atom. The number of fused-ring (bicyclic) bond motifs is 3. The van der Waals surface area contributed by atoms with E-state index in [9.17, 15) is 4.79 Å². The van der Waals surface area contributed by atoms with E-state index in [0.717, 1.165) is 11.9 Å². The van der Waals surface area contributed by atoms with Gasteiger partial charge in [0.1, 0.15) is 6.10 Å². The topological polar surface area (TPSA) is 71.3 Å². The lowest BCUT2D eigenvalue weighted by atomic mass is 10.0. The Hall–Kier alpha value is -1.85. The summed E-state index contributed by atoms with van der Waals surface area (Å²) in [6.45, 7) is 1.54. The second kappa shape index (κ2) is 5.26. The van der Waals surface area contributed by atoms with Crippen LogP contribution in [0, 0.1) is 0 Å². The maximum atomic E-state index is 12.3. The summed E-state index contributed by atoms with van der Waals surface area (Å²) in [6.07, 6.45) is 0.304. The molecule has 1 aliphatic rings. The van der Waals surface area contributed by atoms with Crippen molar-refractivity contribution in [1.29, 1.82) is 0 Å². The smallest absolute Gasteiger partial charge is 0.253 e. The van der Waals surface area contributed by atoms with Gasteiger partial charge in [0.15, 0.2) is 0 Å². The fourth-order valence-electron chi connectivity index (χ4n) is 2.86. The molecule has 0 aliphatic carbocycles. The summed E-state index contributed by atoms with van der Waals surface area (Å²) in [6, 6.07) is 8.20. The normalized spacial score (nSPS) is 16.2. The van der Waals surface area contributed by atoms with Crippen molar-refractivity contribution < 1.29 is 9.53 Å². The van der Waals surface area contributed by atoms with E-state index in [0.29, 0.717) is 13.1 Å². The molecule has 5 nitrogen and oxygen atoms in total. The maximum Gasteiger partial charge on any atom is 0.253 e. The molecule has 2 heterocycles. The van der Waals surface area contributed by atoms with Crippen LogP contribution >= 0.6 is 0 Å². The number of ether oxygens (including phenoxy) is 1. The van der Waals surface area contributed by atoms with Gasteiger partial charge in [0, 0.05) is 55.3 Å². The molecule has 0 saturated carbocycles. The highest BCUT2D eigenvalue weighted by atomic mass is 16.5. The number of para-hydroxylation sites is 1. The van der Waals surface area contributed by atoms with Crippen LogP contribution in [0.3, 0.4) is 0 Å². The third-order valence-corrected chi connectivity index (χ3v) is 3.97. The molecule has 106 valence electrons. The lowest BCUT2D eigenvalue weighted by Gasteiger charge is -2.29. The monoisotopic (exact) mass is 273 g/mol. The van der Waals surface area contributed by atoms with Crippen molar-refractivity contribution in [3.05, 3.63) is 35.5 Å². The van der Waals surface area contributed by atoms with Crippen molar-refractivity contribution in [2.24, 2.45) is 5.73 Å². The van der Waals surface area contributed by atoms with Crippen molar-refractivity contribution in [1.82, 2.24) is 9.88 Å². The van der Waals surface area contributed by atoms with Gasteiger partial charge in [-0.25, -0.2) is 0 Å². The SMILES string of the molecule is COC(CN)C(=O)N1CCc2[nH]c3ccccc3c2C1. The number of carbonyl (C=O) groups is 1. The molecule has 20 heavy (non-hydrogen) atoms. The van der Waals surface area contributed by atoms with Crippen molar-refractivity contribution >= 4 is 16.8 Å². The van der Waals surface area contributed by atoms with Gasteiger partial charge in [-0.3, -0.25) is 4.79 Å². The number of methoxy groups -OCH3 is 1. The van der Waals surface area contributed by atoms with Crippen LogP contribution in [0.2, 0.25) is 0 Å². The van der Waals surface area contributed by atoms with E-state index in [-0.39, 0.29) is 12.5 Å². The standard InChI is InChI=1S/C15H19N3O2/c1-20-14(8-16)15(19)18-7-6-13-11(9-18)10-4-2-3-5-12(10)17-13/h2-5,14,17H,6-9,16H2,1H3. The summed E-state index contributed by atoms with van der Waals surface area (Å²) < 4.78 is 5.15. The number of hydrogen-bond acceptors (Lipinski definition) is 3. The molecule has 3 N–H and O–H groups in total. The van der Waals surface area contributed by atoms with E-state index in [4.69, 9.17) is 10.5 Å². The van der Waals surface area contributed by atoms with Gasteiger partial charge in [0.2, 0.25) is 0 Å². The Kier molecular flexibility index (Phi) is 3.46. The van der Waals surface area contributed by atoms with Crippen molar-refractivity contribution in [2.45, 2.75) is 19.1 Å². The van der Waals surface area contributed by atoms with Gasteiger partial charge in [-0.05, 0) is 6.07 Å². The van der Waals surface area contributed by atoms with Gasteiger partial charge in [-0.2, -0.15) is 0 Å². The molecule has 3 rings (SSSR count). The van der Waals surface area contributed by atoms with E-state index in [2.05, 4.69) is 17.1 Å². The minimum atomic E-state index is -0.540. The van der Waals surface area contributed by atoms with Crippen molar-refractivity contribution in [3.8, 4) is 0 Å². The third kappa shape index (κ3) is 2.09. The van der Waals surface area contributed by atoms with Crippen LogP contribution < -0.4 is 5.73 Å². The summed E-state index contributed by atoms with van der Waals surface area (Å²) >= 11 is 0. The second-order valence-corrected chi connectivity index (χ2v) is 5.10. The quantitative estimate of drug-likeness (QED) is 0.877. The number of carbonyl (C=O) groups excluding carboxylic acids is 1. The largest absolute Gasteiger partial charge is 0.370 e. The summed E-state index contributed by atoms with van der Waals surface area (Å²) in [5.74, 6) is -0.0223. The summed E-state index contributed by atoms with van der Waals surface area (Å²) in [7, 11) is 1.52. The first-order valence-corrected chi connectivity index (χ1v) is 6.84. The van der Waals surface area contributed by atoms with Crippen LogP contribution in [0.25, 0.3) is 10.9 Å². The predicted molar refractivity (Wildman–Crippen MR) is 77.3 cm³/mol. The molecule has 2 aromatic rings. The van der Waals surface area contributed by atoms with E-state index < -0.39 is 6.10 Å². The Labute approximate surface area is 117 Å². The van der Waals surface area contributed by atoms with E-state index in [1.807, 2.05) is 17.0 Å². The zero-order valence-corrected chi connectivity index (χ0v) is 11.6. The molecule has 0 bridgehead atoms. The van der Waals surface area contributed by atoms with Crippen LogP contribution in [0.15, 0.2) is 24.3 Å². The highest BCUT2D eigenvalue weighted by Crippen LogP contribution is 2.27. The Morgan fingerprint density at radius 2 is 2.30 bits per heavy atom. The molecule has 1 unspecified atom stereocenters. The number of hydrogen-bond donors (Lipinski definition) is 2. The molecule has 0 radical (unpaired) electrons. The first-order chi connectivity index (χ1) is 9.74. The number of H-pyrrole nitrogens is 1. The van der Waals surface area contributed by atoms with Gasteiger partial charge in [-0.1, -0.05) is 18.2 Å². The number of rotatable bonds is 3. The minimum absolute atomic E-state index is 0.0223. The number of benzene rings is 1. The zero-order valence-electron chi connectivity index (χ0n) is 11.6. The summed E-state index contributed by atoms with van der Waals surface area (Å²) in [5.41, 5.74) is 9.16. The molecule has 1 amide bonds. The lowest BCUT2D eigenvalue weighted by molar-refractivity contribution is -0.142. The molecule has 1 aliphatic heterocycles. The molecular formula is C15H19N3O2. The number of nitrogens with two attached hydrogens (primary N) is 1. The first kappa shape index (κ1) is 13.1. The molecule has 5 heteroatoms. The maximum absolute atomic E-state index is 12.3. The first-order valence-electron chi connectivity index (χ1n) is 6.84. The molecule has 0 saturated heterocycles. The Bertz CT molecular complexity index is 631. The van der Waals surface area contributed by atoms with Gasteiger partial charge in [0.25, 0.3) is 5.91 Å². The zero-order chi connectivity index (χ0) is 14.1. The van der Waals surface area contributed by atoms with Gasteiger partial charge < -0.3 is 20.4 Å². The fourth-order valence-corrected chi connectivity index (χ4v) is 2.86. The molecule has 1 aromatic carbocycles. The summed E-state index contributed by atoms with van der Waals surface area (Å²) in [4.78, 5) is 17.6. The Morgan fingerprint density at radius 3 is 3.05 bits per heavy atom. The highest BCUT2D eigenvalue weighted by molar-refractivity contribution is 5.87. The molecule has 0 spiro atoms. The summed E-state index contributed by atoms with van der Waals surface area (Å²) in [5, 5.41) is 1.20. The van der Waals surface area contributed by atoms with Crippen molar-refractivity contribution in [2.75, 3.05) is 20.2 Å². The van der Waals surface area contributed by atoms with E-state index in [1.165, 1.54) is 23.8 Å². The lowest BCUT2D eigenvalue weighted by Crippen LogP contribution is -2.45. The fraction of sp³-hybridized carbons (Fsp3) is 0.400. The van der Waals surface area contributed by atoms with Gasteiger partial charge >= 0.3 is 0 Å². The number of aromatic nitrogens is 1. The number of nitrogens with one attached hydrogen (secondary N) is 1. The predicted octanol–water partition coefficient (Wildman–Crippen LogP) is 1.03. The van der Waals surface area contributed by atoms with E-state index in [1.54, 1.807) is 0 Å². The average molecular weight is 273 g/mol. The Balaban J connectivity index is 1.89. The molecular weight excluding hydrogens is 254 g/mol. The van der Waals surface area contributed by atoms with Crippen LogP contribution in [-0.2, 0) is 22.5 Å². The average Bonchev–Trinajstić information content (AvgIpc) is 2.86. The number of aromatic amines is 1. The van der Waals surface area contributed by atoms with Crippen LogP contribution in [0.5, 0.6) is 0 Å². The van der Waals surface area contributed by atoms with Crippen LogP contribution in [0.1, 0.15) is 11.3 Å². The molecule has 0 fully saturated rings. The number of nitrogens with zero attached hydrogens (tertiary/aromatic N) is 1. The van der Waals surface area contributed by atoms with Gasteiger partial charge in [0.05, 0.1) is 0 Å². The van der Waals surface area contributed by atoms with Crippen LogP contribution in [-0.4, -0.2) is 42.1 Å². The highest BCUT2D eigenvalue weighted by Gasteiger charge is 2.28. The minimum Gasteiger partial charge on any atom is -0.370 e. The van der Waals surface area contributed by atoms with Gasteiger partial charge in [-0.15, -0.1) is 0 Å². The second-order valence-electron chi connectivity index (χ2n) is 5.10. The molecule has 1 atom stereocenters. The molecule has 1 aromatic heterocycles.